The van der Waals surface area contributed by atoms with Crippen molar-refractivity contribution in [2.75, 3.05) is 0 Å². The maximum Gasteiger partial charge on any atom is 0.104 e. The van der Waals surface area contributed by atoms with Gasteiger partial charge in [0.25, 0.3) is 0 Å². The summed E-state index contributed by atoms with van der Waals surface area (Å²) >= 11 is 1.69. The monoisotopic (exact) mass is 317 g/mol. The maximum absolute atomic E-state index is 5.58. The molecule has 2 aliphatic carbocycles. The number of nitrogens with one attached hydrogen (secondary N) is 1. The van der Waals surface area contributed by atoms with Gasteiger partial charge in [0.15, 0.2) is 0 Å². The van der Waals surface area contributed by atoms with Crippen molar-refractivity contribution < 1.29 is 0 Å². The average Bonchev–Trinajstić information content (AvgIpc) is 3.11. The third-order valence-electron chi connectivity index (χ3n) is 3.93. The molecule has 2 heteroatoms. The lowest BCUT2D eigenvalue weighted by molar-refractivity contribution is 0.542. The fourth-order valence-electron chi connectivity index (χ4n) is 2.42. The summed E-state index contributed by atoms with van der Waals surface area (Å²) < 4.78 is 0. The summed E-state index contributed by atoms with van der Waals surface area (Å²) in [6.45, 7) is 2.13. The fraction of sp³-hybridized carbons (Fsp3) is 0.143. The Hall–Kier alpha value is -2.34. The number of terminal acetylenes is 1. The van der Waals surface area contributed by atoms with Crippen LogP contribution in [0.5, 0.6) is 0 Å². The first kappa shape index (κ1) is 15.6. The van der Waals surface area contributed by atoms with Gasteiger partial charge in [0, 0.05) is 10.9 Å². The van der Waals surface area contributed by atoms with Gasteiger partial charge >= 0.3 is 0 Å². The van der Waals surface area contributed by atoms with Gasteiger partial charge in [0.05, 0.1) is 0 Å². The third-order valence-corrected chi connectivity index (χ3v) is 4.87. The molecule has 2 aromatic rings. The summed E-state index contributed by atoms with van der Waals surface area (Å²) in [7, 11) is 0. The number of fused-ring (bicyclic) bond motifs is 1. The molecule has 0 radical (unpaired) electrons. The lowest BCUT2D eigenvalue weighted by Crippen LogP contribution is -2.22. The van der Waals surface area contributed by atoms with Crippen LogP contribution in [-0.4, -0.2) is 0 Å². The van der Waals surface area contributed by atoms with Crippen molar-refractivity contribution >= 4 is 11.3 Å². The van der Waals surface area contributed by atoms with Crippen molar-refractivity contribution in [2.45, 2.75) is 19.0 Å². The molecule has 1 nitrogen and oxygen atoms in total. The van der Waals surface area contributed by atoms with Crippen molar-refractivity contribution in [1.82, 2.24) is 5.32 Å². The highest BCUT2D eigenvalue weighted by Crippen LogP contribution is 2.29. The standard InChI is InChI=1S/C15H15NS.C6H4/c1-3-14(15-10-7-11-17-15)16-12(2)13-8-5-4-6-9-13;1-2-6-4-3-5(1)6/h1,4-12,14,16H,2H3;1-4H. The molecule has 0 bridgehead atoms. The van der Waals surface area contributed by atoms with Crippen LogP contribution < -0.4 is 5.32 Å². The number of hydrogen-bond acceptors (Lipinski definition) is 2. The van der Waals surface area contributed by atoms with Crippen molar-refractivity contribution in [3.05, 3.63) is 82.6 Å². The van der Waals surface area contributed by atoms with E-state index in [-0.39, 0.29) is 12.1 Å². The quantitative estimate of drug-likeness (QED) is 0.494. The number of benzene rings is 2. The fourth-order valence-corrected chi connectivity index (χ4v) is 3.16. The summed E-state index contributed by atoms with van der Waals surface area (Å²) in [6.07, 6.45) is 5.58. The van der Waals surface area contributed by atoms with E-state index >= 15 is 0 Å². The molecule has 0 amide bonds. The van der Waals surface area contributed by atoms with Crippen molar-refractivity contribution in [1.29, 1.82) is 0 Å². The van der Waals surface area contributed by atoms with Crippen molar-refractivity contribution in [2.24, 2.45) is 0 Å². The molecule has 0 fully saturated rings. The lowest BCUT2D eigenvalue weighted by atomic mass is 9.95. The third kappa shape index (κ3) is 3.71. The van der Waals surface area contributed by atoms with Crippen LogP contribution >= 0.6 is 11.3 Å². The van der Waals surface area contributed by atoms with E-state index in [1.54, 1.807) is 11.3 Å². The Balaban J connectivity index is 0.000000213. The molecule has 1 aromatic heterocycles. The van der Waals surface area contributed by atoms with Crippen molar-refractivity contribution in [3.8, 4) is 23.5 Å². The Bertz CT molecular complexity index is 746. The van der Waals surface area contributed by atoms with E-state index in [4.69, 9.17) is 6.42 Å². The van der Waals surface area contributed by atoms with Crippen LogP contribution in [0.3, 0.4) is 0 Å². The van der Waals surface area contributed by atoms with Gasteiger partial charge in [-0.15, -0.1) is 17.8 Å². The van der Waals surface area contributed by atoms with E-state index in [1.165, 1.54) is 21.6 Å². The van der Waals surface area contributed by atoms with Crippen LogP contribution in [0, 0.1) is 12.3 Å². The summed E-state index contributed by atoms with van der Waals surface area (Å²) in [4.78, 5) is 1.19. The van der Waals surface area contributed by atoms with Gasteiger partial charge in [-0.3, -0.25) is 5.32 Å². The Morgan fingerprint density at radius 2 is 1.57 bits per heavy atom. The minimum atomic E-state index is -0.00907. The van der Waals surface area contributed by atoms with Gasteiger partial charge in [-0.2, -0.15) is 0 Å². The van der Waals surface area contributed by atoms with Crippen LogP contribution in [0.25, 0.3) is 11.1 Å². The van der Waals surface area contributed by atoms with Crippen LogP contribution in [0.4, 0.5) is 0 Å². The predicted octanol–water partition coefficient (Wildman–Crippen LogP) is 5.44. The van der Waals surface area contributed by atoms with Gasteiger partial charge in [0.2, 0.25) is 0 Å². The van der Waals surface area contributed by atoms with Crippen LogP contribution in [0.2, 0.25) is 0 Å². The van der Waals surface area contributed by atoms with E-state index in [0.717, 1.165) is 0 Å². The molecule has 1 heterocycles. The number of rotatable bonds is 4. The Morgan fingerprint density at radius 1 is 0.913 bits per heavy atom. The minimum Gasteiger partial charge on any atom is -0.293 e. The molecule has 2 atom stereocenters. The largest absolute Gasteiger partial charge is 0.293 e. The summed E-state index contributed by atoms with van der Waals surface area (Å²) in [5.41, 5.74) is 4.11. The molecular weight excluding hydrogens is 298 g/mol. The topological polar surface area (TPSA) is 12.0 Å². The zero-order valence-electron chi connectivity index (χ0n) is 13.1. The first-order valence-corrected chi connectivity index (χ1v) is 8.57. The molecule has 0 aliphatic heterocycles. The van der Waals surface area contributed by atoms with E-state index in [0.29, 0.717) is 0 Å². The first-order chi connectivity index (χ1) is 11.3. The molecule has 0 saturated carbocycles. The smallest absolute Gasteiger partial charge is 0.104 e. The lowest BCUT2D eigenvalue weighted by Gasteiger charge is -2.18. The van der Waals surface area contributed by atoms with Gasteiger partial charge in [-0.05, 0) is 35.1 Å². The van der Waals surface area contributed by atoms with E-state index < -0.39 is 0 Å². The summed E-state index contributed by atoms with van der Waals surface area (Å²) in [5.74, 6) is 2.80. The van der Waals surface area contributed by atoms with Gasteiger partial charge in [-0.1, -0.05) is 66.6 Å². The molecular formula is C21H19NS. The highest BCUT2D eigenvalue weighted by atomic mass is 32.1. The normalized spacial score (nSPS) is 13.2. The zero-order chi connectivity index (χ0) is 16.1. The SMILES string of the molecule is C#CC(NC(C)c1ccccc1)c1cccs1.c1cc2ccc1-2. The first-order valence-electron chi connectivity index (χ1n) is 7.69. The van der Waals surface area contributed by atoms with Crippen LogP contribution in [-0.2, 0) is 0 Å². The van der Waals surface area contributed by atoms with E-state index in [1.807, 2.05) is 24.3 Å². The number of hydrogen-bond donors (Lipinski definition) is 1. The van der Waals surface area contributed by atoms with E-state index in [2.05, 4.69) is 66.0 Å². The summed E-state index contributed by atoms with van der Waals surface area (Å²) in [5, 5.41) is 5.51. The molecule has 4 rings (SSSR count). The minimum absolute atomic E-state index is 0.00907. The predicted molar refractivity (Wildman–Crippen MR) is 99.3 cm³/mol. The Labute approximate surface area is 142 Å². The van der Waals surface area contributed by atoms with Gasteiger partial charge in [-0.25, -0.2) is 0 Å². The van der Waals surface area contributed by atoms with Crippen molar-refractivity contribution in [3.63, 3.8) is 0 Å². The molecule has 1 aromatic carbocycles. The molecule has 23 heavy (non-hydrogen) atoms. The van der Waals surface area contributed by atoms with Crippen LogP contribution in [0.15, 0.2) is 72.1 Å². The average molecular weight is 317 g/mol. The second kappa shape index (κ2) is 7.28. The Morgan fingerprint density at radius 3 is 2.00 bits per heavy atom. The van der Waals surface area contributed by atoms with Gasteiger partial charge in [0.1, 0.15) is 6.04 Å². The summed E-state index contributed by atoms with van der Waals surface area (Å²) in [6, 6.07) is 23.2. The molecule has 114 valence electrons. The molecule has 2 unspecified atom stereocenters. The zero-order valence-corrected chi connectivity index (χ0v) is 13.9. The Kier molecular flexibility index (Phi) is 4.92. The highest BCUT2D eigenvalue weighted by Gasteiger charge is 2.13. The molecule has 0 saturated heterocycles. The maximum atomic E-state index is 5.58. The van der Waals surface area contributed by atoms with Crippen LogP contribution in [0.1, 0.15) is 29.4 Å². The van der Waals surface area contributed by atoms with E-state index in [9.17, 15) is 0 Å². The molecule has 2 aliphatic rings. The highest BCUT2D eigenvalue weighted by molar-refractivity contribution is 7.10. The molecule has 0 spiro atoms. The molecule has 1 N–H and O–H groups in total. The second-order valence-electron chi connectivity index (χ2n) is 5.49. The number of thiophene rings is 1. The second-order valence-corrected chi connectivity index (χ2v) is 6.47. The van der Waals surface area contributed by atoms with Gasteiger partial charge < -0.3 is 0 Å².